The first-order valence-electron chi connectivity index (χ1n) is 10.9. The van der Waals surface area contributed by atoms with Crippen LogP contribution in [0.25, 0.3) is 22.2 Å². The smallest absolute Gasteiger partial charge is 0.247 e. The number of hydrogen-bond donors (Lipinski definition) is 0. The van der Waals surface area contributed by atoms with Gasteiger partial charge in [0, 0.05) is 47.8 Å². The summed E-state index contributed by atoms with van der Waals surface area (Å²) in [6.45, 7) is 4.99. The van der Waals surface area contributed by atoms with Crippen molar-refractivity contribution in [2.75, 3.05) is 31.1 Å². The molecule has 0 radical (unpaired) electrons. The molecule has 4 aromatic rings. The summed E-state index contributed by atoms with van der Waals surface area (Å²) >= 11 is 6.30. The predicted octanol–water partition coefficient (Wildman–Crippen LogP) is 5.27. The topological polar surface area (TPSA) is 41.4 Å². The number of benzene rings is 3. The Morgan fingerprint density at radius 1 is 0.906 bits per heavy atom. The summed E-state index contributed by atoms with van der Waals surface area (Å²) in [5, 5.41) is 6.49. The first-order chi connectivity index (χ1) is 15.6. The zero-order valence-corrected chi connectivity index (χ0v) is 18.7. The van der Waals surface area contributed by atoms with Crippen LogP contribution in [-0.2, 0) is 4.79 Å². The molecule has 5 nitrogen and oxygen atoms in total. The lowest BCUT2D eigenvalue weighted by Gasteiger charge is -2.37. The minimum Gasteiger partial charge on any atom is -0.368 e. The Labute approximate surface area is 192 Å². The van der Waals surface area contributed by atoms with E-state index in [1.54, 1.807) is 0 Å². The summed E-state index contributed by atoms with van der Waals surface area (Å²) in [5.74, 6) is 0.0941. The van der Waals surface area contributed by atoms with Gasteiger partial charge < -0.3 is 9.80 Å². The van der Waals surface area contributed by atoms with Crippen molar-refractivity contribution in [2.45, 2.75) is 13.0 Å². The van der Waals surface area contributed by atoms with Crippen molar-refractivity contribution in [1.29, 1.82) is 0 Å². The van der Waals surface area contributed by atoms with Gasteiger partial charge in [-0.2, -0.15) is 5.10 Å². The molecule has 1 unspecified atom stereocenters. The molecule has 1 aromatic heterocycles. The normalized spacial score (nSPS) is 15.2. The highest BCUT2D eigenvalue weighted by molar-refractivity contribution is 6.31. The van der Waals surface area contributed by atoms with Crippen LogP contribution in [0.3, 0.4) is 0 Å². The fraction of sp³-hybridized carbons (Fsp3) is 0.231. The molecule has 3 aromatic carbocycles. The molecule has 0 saturated carbocycles. The average molecular weight is 445 g/mol. The van der Waals surface area contributed by atoms with Gasteiger partial charge in [-0.3, -0.25) is 9.48 Å². The predicted molar refractivity (Wildman–Crippen MR) is 130 cm³/mol. The summed E-state index contributed by atoms with van der Waals surface area (Å²) in [6.07, 6.45) is 0. The van der Waals surface area contributed by atoms with Gasteiger partial charge in [-0.05, 0) is 37.3 Å². The van der Waals surface area contributed by atoms with Crippen LogP contribution in [0, 0.1) is 0 Å². The number of rotatable bonds is 4. The highest BCUT2D eigenvalue weighted by Gasteiger charge is 2.28. The number of para-hydroxylation sites is 1. The number of carbonyl (C=O) groups excluding carboxylic acids is 1. The highest BCUT2D eigenvalue weighted by atomic mass is 35.5. The molecular weight excluding hydrogens is 420 g/mol. The van der Waals surface area contributed by atoms with Crippen molar-refractivity contribution in [2.24, 2.45) is 0 Å². The number of amides is 1. The van der Waals surface area contributed by atoms with E-state index in [1.165, 1.54) is 5.69 Å². The summed E-state index contributed by atoms with van der Waals surface area (Å²) in [5.41, 5.74) is 3.97. The van der Waals surface area contributed by atoms with E-state index in [1.807, 2.05) is 83.2 Å². The Bertz CT molecular complexity index is 1230. The van der Waals surface area contributed by atoms with Crippen LogP contribution in [0.2, 0.25) is 5.02 Å². The number of piperazine rings is 1. The van der Waals surface area contributed by atoms with Gasteiger partial charge in [0.05, 0.1) is 5.52 Å². The van der Waals surface area contributed by atoms with E-state index in [4.69, 9.17) is 16.7 Å². The van der Waals surface area contributed by atoms with Crippen LogP contribution in [0.1, 0.15) is 13.0 Å². The number of anilines is 1. The van der Waals surface area contributed by atoms with Gasteiger partial charge in [-0.1, -0.05) is 60.1 Å². The maximum Gasteiger partial charge on any atom is 0.247 e. The number of fused-ring (bicyclic) bond motifs is 1. The van der Waals surface area contributed by atoms with Gasteiger partial charge in [-0.15, -0.1) is 0 Å². The quantitative estimate of drug-likeness (QED) is 0.430. The maximum atomic E-state index is 13.4. The Morgan fingerprint density at radius 3 is 2.25 bits per heavy atom. The number of hydrogen-bond acceptors (Lipinski definition) is 3. The molecule has 1 fully saturated rings. The van der Waals surface area contributed by atoms with Crippen LogP contribution in [-0.4, -0.2) is 46.8 Å². The van der Waals surface area contributed by atoms with Crippen LogP contribution in [0.5, 0.6) is 0 Å². The molecule has 1 amide bonds. The lowest BCUT2D eigenvalue weighted by Crippen LogP contribution is -2.50. The molecule has 5 rings (SSSR count). The van der Waals surface area contributed by atoms with Crippen molar-refractivity contribution in [3.63, 3.8) is 0 Å². The summed E-state index contributed by atoms with van der Waals surface area (Å²) in [4.78, 5) is 17.7. The lowest BCUT2D eigenvalue weighted by molar-refractivity contribution is -0.134. The first-order valence-corrected chi connectivity index (χ1v) is 11.3. The van der Waals surface area contributed by atoms with E-state index in [0.29, 0.717) is 18.1 Å². The van der Waals surface area contributed by atoms with E-state index in [9.17, 15) is 4.79 Å². The molecule has 0 N–H and O–H groups in total. The zero-order valence-electron chi connectivity index (χ0n) is 18.0. The molecule has 1 saturated heterocycles. The SMILES string of the molecule is CC(C(=O)N1CCN(c2ccccc2)CC1)n1nc(-c2ccccc2)c2cc(Cl)ccc21. The molecule has 2 heterocycles. The minimum atomic E-state index is -0.403. The minimum absolute atomic E-state index is 0.0941. The largest absolute Gasteiger partial charge is 0.368 e. The third kappa shape index (κ3) is 3.84. The van der Waals surface area contributed by atoms with Gasteiger partial charge in [0.2, 0.25) is 5.91 Å². The Kier molecular flexibility index (Phi) is 5.58. The standard InChI is InChI=1S/C26H25ClN4O/c1-19(26(32)30-16-14-29(15-17-30)22-10-6-3-7-11-22)31-24-13-12-21(27)18-23(24)25(28-31)20-8-4-2-5-9-20/h2-13,18-19H,14-17H2,1H3. The van der Waals surface area contributed by atoms with E-state index >= 15 is 0 Å². The monoisotopic (exact) mass is 444 g/mol. The summed E-state index contributed by atoms with van der Waals surface area (Å²) in [7, 11) is 0. The third-order valence-corrected chi connectivity index (χ3v) is 6.39. The van der Waals surface area contributed by atoms with Crippen molar-refractivity contribution in [1.82, 2.24) is 14.7 Å². The van der Waals surface area contributed by atoms with Crippen molar-refractivity contribution >= 4 is 34.1 Å². The van der Waals surface area contributed by atoms with Gasteiger partial charge in [0.25, 0.3) is 0 Å². The van der Waals surface area contributed by atoms with Crippen LogP contribution >= 0.6 is 11.6 Å². The molecule has 6 heteroatoms. The Hall–Kier alpha value is -3.31. The zero-order chi connectivity index (χ0) is 22.1. The van der Waals surface area contributed by atoms with Gasteiger partial charge in [-0.25, -0.2) is 0 Å². The number of halogens is 1. The molecule has 1 atom stereocenters. The molecular formula is C26H25ClN4O. The maximum absolute atomic E-state index is 13.4. The van der Waals surface area contributed by atoms with Crippen LogP contribution in [0.15, 0.2) is 78.9 Å². The number of nitrogens with zero attached hydrogens (tertiary/aromatic N) is 4. The van der Waals surface area contributed by atoms with E-state index in [2.05, 4.69) is 17.0 Å². The van der Waals surface area contributed by atoms with E-state index < -0.39 is 6.04 Å². The molecule has 0 aliphatic carbocycles. The van der Waals surface area contributed by atoms with Crippen molar-refractivity contribution < 1.29 is 4.79 Å². The van der Waals surface area contributed by atoms with Gasteiger partial charge in [0.1, 0.15) is 11.7 Å². The second kappa shape index (κ2) is 8.67. The van der Waals surface area contributed by atoms with E-state index in [0.717, 1.165) is 35.2 Å². The second-order valence-corrected chi connectivity index (χ2v) is 8.58. The Morgan fingerprint density at radius 2 is 1.56 bits per heavy atom. The van der Waals surface area contributed by atoms with Crippen molar-refractivity contribution in [3.8, 4) is 11.3 Å². The first kappa shape index (κ1) is 20.6. The average Bonchev–Trinajstić information content (AvgIpc) is 3.23. The van der Waals surface area contributed by atoms with Crippen LogP contribution < -0.4 is 4.90 Å². The molecule has 1 aliphatic heterocycles. The molecule has 32 heavy (non-hydrogen) atoms. The fourth-order valence-electron chi connectivity index (χ4n) is 4.41. The van der Waals surface area contributed by atoms with E-state index in [-0.39, 0.29) is 5.91 Å². The summed E-state index contributed by atoms with van der Waals surface area (Å²) in [6, 6.07) is 25.7. The molecule has 0 spiro atoms. The highest BCUT2D eigenvalue weighted by Crippen LogP contribution is 2.32. The fourth-order valence-corrected chi connectivity index (χ4v) is 4.58. The van der Waals surface area contributed by atoms with Gasteiger partial charge >= 0.3 is 0 Å². The molecule has 162 valence electrons. The molecule has 0 bridgehead atoms. The molecule has 1 aliphatic rings. The van der Waals surface area contributed by atoms with Gasteiger partial charge in [0.15, 0.2) is 0 Å². The Balaban J connectivity index is 1.40. The van der Waals surface area contributed by atoms with Crippen molar-refractivity contribution in [3.05, 3.63) is 83.9 Å². The third-order valence-electron chi connectivity index (χ3n) is 6.15. The van der Waals surface area contributed by atoms with Crippen LogP contribution in [0.4, 0.5) is 5.69 Å². The summed E-state index contributed by atoms with van der Waals surface area (Å²) < 4.78 is 1.85. The number of aromatic nitrogens is 2. The second-order valence-electron chi connectivity index (χ2n) is 8.14. The lowest BCUT2D eigenvalue weighted by atomic mass is 10.1. The number of carbonyl (C=O) groups is 1.